The van der Waals surface area contributed by atoms with Crippen LogP contribution >= 0.6 is 0 Å². The van der Waals surface area contributed by atoms with E-state index in [0.29, 0.717) is 22.9 Å². The number of benzene rings is 2. The van der Waals surface area contributed by atoms with E-state index in [9.17, 15) is 14.9 Å². The summed E-state index contributed by atoms with van der Waals surface area (Å²) in [6.07, 6.45) is 2.19. The molecule has 0 radical (unpaired) electrons. The van der Waals surface area contributed by atoms with Gasteiger partial charge in [-0.2, -0.15) is 10.5 Å². The first-order chi connectivity index (χ1) is 15.0. The lowest BCUT2D eigenvalue weighted by atomic mass is 9.96. The van der Waals surface area contributed by atoms with Gasteiger partial charge in [0.05, 0.1) is 29.3 Å². The number of amides is 1. The molecule has 3 N–H and O–H groups in total. The van der Waals surface area contributed by atoms with Crippen molar-refractivity contribution in [2.75, 3.05) is 6.54 Å². The molecule has 4 rings (SSSR count). The van der Waals surface area contributed by atoms with Crippen molar-refractivity contribution in [2.24, 2.45) is 5.92 Å². The van der Waals surface area contributed by atoms with E-state index >= 15 is 0 Å². The Balaban J connectivity index is 1.59. The van der Waals surface area contributed by atoms with Crippen molar-refractivity contribution in [1.29, 1.82) is 10.5 Å². The van der Waals surface area contributed by atoms with Crippen LogP contribution in [0.1, 0.15) is 30.9 Å². The molecule has 7 nitrogen and oxygen atoms in total. The highest BCUT2D eigenvalue weighted by atomic mass is 16.2. The Bertz CT molecular complexity index is 1300. The molecule has 1 fully saturated rings. The minimum absolute atomic E-state index is 0.145. The summed E-state index contributed by atoms with van der Waals surface area (Å²) in [6.45, 7) is 2.88. The number of fused-ring (bicyclic) bond motifs is 3. The third-order valence-corrected chi connectivity index (χ3v) is 6.09. The van der Waals surface area contributed by atoms with Gasteiger partial charge in [-0.25, -0.2) is 0 Å². The minimum atomic E-state index is -0.678. The first kappa shape index (κ1) is 20.6. The molecule has 3 aromatic rings. The van der Waals surface area contributed by atoms with E-state index in [-0.39, 0.29) is 23.4 Å². The standard InChI is InChI=1S/C24H23N5O2/c1-2-16-7-8-27-22(16)24(31)28-17(13-26)9-14-3-5-18-19-6-4-15(12-25)11-21(19)29-23(30)20(18)10-14/h3-6,10-11,16-17,22,27H,2,7-9H2,1H3,(H,28,31)(H,29,30)/t16-,17?,22-/m0/s1. The van der Waals surface area contributed by atoms with Gasteiger partial charge in [-0.15, -0.1) is 0 Å². The molecule has 156 valence electrons. The first-order valence-corrected chi connectivity index (χ1v) is 10.5. The van der Waals surface area contributed by atoms with Crippen molar-refractivity contribution in [3.63, 3.8) is 0 Å². The first-order valence-electron chi connectivity index (χ1n) is 10.5. The topological polar surface area (TPSA) is 122 Å². The van der Waals surface area contributed by atoms with E-state index in [2.05, 4.69) is 34.7 Å². The maximum atomic E-state index is 12.6. The average Bonchev–Trinajstić information content (AvgIpc) is 3.27. The highest BCUT2D eigenvalue weighted by molar-refractivity contribution is 6.05. The van der Waals surface area contributed by atoms with Crippen LogP contribution in [-0.2, 0) is 11.2 Å². The maximum absolute atomic E-state index is 12.6. The normalized spacial score (nSPS) is 19.1. The molecule has 31 heavy (non-hydrogen) atoms. The molecule has 3 atom stereocenters. The van der Waals surface area contributed by atoms with E-state index < -0.39 is 6.04 Å². The van der Waals surface area contributed by atoms with Crippen LogP contribution in [0.4, 0.5) is 0 Å². The number of H-pyrrole nitrogens is 1. The summed E-state index contributed by atoms with van der Waals surface area (Å²) in [5.74, 6) is 0.141. The smallest absolute Gasteiger partial charge is 0.256 e. The monoisotopic (exact) mass is 413 g/mol. The number of rotatable bonds is 5. The van der Waals surface area contributed by atoms with Crippen LogP contribution in [0.2, 0.25) is 0 Å². The second-order valence-corrected chi connectivity index (χ2v) is 7.99. The molecule has 2 aromatic carbocycles. The van der Waals surface area contributed by atoms with Gasteiger partial charge in [0.15, 0.2) is 0 Å². The van der Waals surface area contributed by atoms with Gasteiger partial charge in [0.1, 0.15) is 6.04 Å². The van der Waals surface area contributed by atoms with Crippen LogP contribution in [0.5, 0.6) is 0 Å². The fourth-order valence-electron chi connectivity index (χ4n) is 4.41. The number of pyridine rings is 1. The lowest BCUT2D eigenvalue weighted by Crippen LogP contribution is -2.47. The Morgan fingerprint density at radius 1 is 1.19 bits per heavy atom. The predicted octanol–water partition coefficient (Wildman–Crippen LogP) is 2.49. The summed E-state index contributed by atoms with van der Waals surface area (Å²) < 4.78 is 0. The van der Waals surface area contributed by atoms with Crippen LogP contribution < -0.4 is 16.2 Å². The summed E-state index contributed by atoms with van der Waals surface area (Å²) in [5, 5.41) is 26.9. The van der Waals surface area contributed by atoms with Gasteiger partial charge >= 0.3 is 0 Å². The molecule has 2 heterocycles. The predicted molar refractivity (Wildman–Crippen MR) is 118 cm³/mol. The number of aromatic amines is 1. The molecule has 0 aliphatic carbocycles. The van der Waals surface area contributed by atoms with E-state index in [1.54, 1.807) is 18.2 Å². The van der Waals surface area contributed by atoms with Crippen molar-refractivity contribution >= 4 is 27.6 Å². The fourth-order valence-corrected chi connectivity index (χ4v) is 4.41. The number of aromatic nitrogens is 1. The lowest BCUT2D eigenvalue weighted by Gasteiger charge is -2.20. The second-order valence-electron chi connectivity index (χ2n) is 7.99. The maximum Gasteiger partial charge on any atom is 0.256 e. The number of nitriles is 2. The zero-order valence-corrected chi connectivity index (χ0v) is 17.2. The molecular formula is C24H23N5O2. The Morgan fingerprint density at radius 2 is 2.00 bits per heavy atom. The number of nitrogens with one attached hydrogen (secondary N) is 3. The van der Waals surface area contributed by atoms with Crippen LogP contribution in [0.15, 0.2) is 41.2 Å². The number of hydrogen-bond acceptors (Lipinski definition) is 5. The van der Waals surface area contributed by atoms with Crippen molar-refractivity contribution in [2.45, 2.75) is 38.3 Å². The van der Waals surface area contributed by atoms with Crippen molar-refractivity contribution < 1.29 is 4.79 Å². The summed E-state index contributed by atoms with van der Waals surface area (Å²) >= 11 is 0. The number of carbonyl (C=O) groups is 1. The molecule has 0 spiro atoms. The second kappa shape index (κ2) is 8.59. The SMILES string of the molecule is CC[C@H]1CCN[C@@H]1C(=O)NC(C#N)Cc1ccc2c(c1)c(=O)[nH]c1cc(C#N)ccc12. The van der Waals surface area contributed by atoms with Crippen LogP contribution in [-0.4, -0.2) is 29.5 Å². The van der Waals surface area contributed by atoms with Crippen LogP contribution in [0.3, 0.4) is 0 Å². The summed E-state index contributed by atoms with van der Waals surface area (Å²) in [4.78, 5) is 28.1. The zero-order chi connectivity index (χ0) is 22.0. The number of carbonyl (C=O) groups excluding carboxylic acids is 1. The van der Waals surface area contributed by atoms with Crippen molar-refractivity contribution in [3.8, 4) is 12.1 Å². The molecule has 1 aromatic heterocycles. The highest BCUT2D eigenvalue weighted by Crippen LogP contribution is 2.24. The van der Waals surface area contributed by atoms with Crippen LogP contribution in [0, 0.1) is 28.6 Å². The van der Waals surface area contributed by atoms with E-state index in [4.69, 9.17) is 5.26 Å². The van der Waals surface area contributed by atoms with Crippen molar-refractivity contribution in [3.05, 3.63) is 57.9 Å². The van der Waals surface area contributed by atoms with E-state index in [1.165, 1.54) is 0 Å². The summed E-state index contributed by atoms with van der Waals surface area (Å²) in [7, 11) is 0. The zero-order valence-electron chi connectivity index (χ0n) is 17.2. The molecule has 7 heteroatoms. The third-order valence-electron chi connectivity index (χ3n) is 6.09. The number of nitrogens with zero attached hydrogens (tertiary/aromatic N) is 2. The quantitative estimate of drug-likeness (QED) is 0.555. The van der Waals surface area contributed by atoms with Crippen molar-refractivity contribution in [1.82, 2.24) is 15.6 Å². The van der Waals surface area contributed by atoms with Gasteiger partial charge in [0, 0.05) is 17.2 Å². The molecule has 1 unspecified atom stereocenters. The van der Waals surface area contributed by atoms with Gasteiger partial charge in [-0.05, 0) is 48.0 Å². The van der Waals surface area contributed by atoms with Crippen LogP contribution in [0.25, 0.3) is 21.7 Å². The molecule has 1 saturated heterocycles. The highest BCUT2D eigenvalue weighted by Gasteiger charge is 2.32. The van der Waals surface area contributed by atoms with E-state index in [1.807, 2.05) is 18.2 Å². The molecule has 1 aliphatic rings. The molecule has 1 amide bonds. The van der Waals surface area contributed by atoms with E-state index in [0.717, 1.165) is 35.7 Å². The minimum Gasteiger partial charge on any atom is -0.339 e. The van der Waals surface area contributed by atoms with Gasteiger partial charge in [-0.1, -0.05) is 31.5 Å². The molecular weight excluding hydrogens is 390 g/mol. The molecule has 0 saturated carbocycles. The fraction of sp³-hybridized carbons (Fsp3) is 0.333. The Morgan fingerprint density at radius 3 is 2.74 bits per heavy atom. The van der Waals surface area contributed by atoms with Gasteiger partial charge < -0.3 is 15.6 Å². The summed E-state index contributed by atoms with van der Waals surface area (Å²) in [5.41, 5.74) is 1.64. The Kier molecular flexibility index (Phi) is 5.70. The summed E-state index contributed by atoms with van der Waals surface area (Å²) in [6, 6.07) is 14.0. The Hall–Kier alpha value is -3.68. The average molecular weight is 413 g/mol. The third kappa shape index (κ3) is 4.01. The van der Waals surface area contributed by atoms with Gasteiger partial charge in [0.25, 0.3) is 5.56 Å². The van der Waals surface area contributed by atoms with Gasteiger partial charge in [0.2, 0.25) is 5.91 Å². The Labute approximate surface area is 179 Å². The molecule has 1 aliphatic heterocycles. The lowest BCUT2D eigenvalue weighted by molar-refractivity contribution is -0.124. The molecule has 0 bridgehead atoms. The largest absolute Gasteiger partial charge is 0.339 e. The van der Waals surface area contributed by atoms with Gasteiger partial charge in [-0.3, -0.25) is 9.59 Å². The number of hydrogen-bond donors (Lipinski definition) is 3.